The summed E-state index contributed by atoms with van der Waals surface area (Å²) in [7, 11) is 1.74. The van der Waals surface area contributed by atoms with Gasteiger partial charge in [-0.15, -0.1) is 0 Å². The number of hydrogen-bond donors (Lipinski definition) is 2. The number of rotatable bonds is 5. The molecule has 1 saturated carbocycles. The minimum Gasteiger partial charge on any atom is -0.348 e. The van der Waals surface area contributed by atoms with Gasteiger partial charge in [0.2, 0.25) is 5.91 Å². The van der Waals surface area contributed by atoms with Crippen LogP contribution in [-0.4, -0.2) is 19.5 Å². The standard InChI is InChI=1S/C15H21FN2O/c1-17-10-14(19)18-15(11-5-2-3-6-11)12-7-4-8-13(16)9-12/h4,7-9,11,15,17H,2-3,5-6,10H2,1H3,(H,18,19). The highest BCUT2D eigenvalue weighted by Gasteiger charge is 2.27. The lowest BCUT2D eigenvalue weighted by molar-refractivity contribution is -0.121. The molecular formula is C15H21FN2O. The highest BCUT2D eigenvalue weighted by molar-refractivity contribution is 5.78. The van der Waals surface area contributed by atoms with Crippen LogP contribution in [0.3, 0.4) is 0 Å². The number of likely N-dealkylation sites (N-methyl/N-ethyl adjacent to an activating group) is 1. The van der Waals surface area contributed by atoms with Gasteiger partial charge in [-0.05, 0) is 43.5 Å². The van der Waals surface area contributed by atoms with Gasteiger partial charge in [-0.2, -0.15) is 0 Å². The molecule has 1 aliphatic carbocycles. The molecule has 1 unspecified atom stereocenters. The van der Waals surface area contributed by atoms with E-state index in [9.17, 15) is 9.18 Å². The fourth-order valence-corrected chi connectivity index (χ4v) is 2.85. The summed E-state index contributed by atoms with van der Waals surface area (Å²) in [6.07, 6.45) is 4.58. The first kappa shape index (κ1) is 14.0. The summed E-state index contributed by atoms with van der Waals surface area (Å²) in [5.41, 5.74) is 0.872. The van der Waals surface area contributed by atoms with Gasteiger partial charge in [0, 0.05) is 0 Å². The van der Waals surface area contributed by atoms with Gasteiger partial charge < -0.3 is 10.6 Å². The molecule has 0 radical (unpaired) electrons. The monoisotopic (exact) mass is 264 g/mol. The predicted octanol–water partition coefficient (Wildman–Crippen LogP) is 2.39. The van der Waals surface area contributed by atoms with Crippen LogP contribution >= 0.6 is 0 Å². The van der Waals surface area contributed by atoms with E-state index in [1.165, 1.54) is 25.0 Å². The summed E-state index contributed by atoms with van der Waals surface area (Å²) < 4.78 is 13.4. The van der Waals surface area contributed by atoms with Gasteiger partial charge >= 0.3 is 0 Å². The molecule has 1 aliphatic rings. The minimum absolute atomic E-state index is 0.0383. The molecule has 1 fully saturated rings. The van der Waals surface area contributed by atoms with Crippen LogP contribution in [0, 0.1) is 11.7 Å². The fourth-order valence-electron chi connectivity index (χ4n) is 2.85. The lowest BCUT2D eigenvalue weighted by Crippen LogP contribution is -2.37. The number of amides is 1. The van der Waals surface area contributed by atoms with E-state index in [1.54, 1.807) is 13.1 Å². The number of halogens is 1. The molecule has 2 rings (SSSR count). The Morgan fingerprint density at radius 1 is 1.42 bits per heavy atom. The minimum atomic E-state index is -0.247. The molecule has 0 bridgehead atoms. The molecule has 1 aromatic rings. The van der Waals surface area contributed by atoms with Crippen LogP contribution in [0.5, 0.6) is 0 Å². The molecule has 1 amide bonds. The maximum Gasteiger partial charge on any atom is 0.234 e. The van der Waals surface area contributed by atoms with Crippen molar-refractivity contribution < 1.29 is 9.18 Å². The van der Waals surface area contributed by atoms with Gasteiger partial charge in [0.25, 0.3) is 0 Å². The Labute approximate surface area is 113 Å². The van der Waals surface area contributed by atoms with Gasteiger partial charge in [-0.25, -0.2) is 4.39 Å². The maximum atomic E-state index is 13.4. The van der Waals surface area contributed by atoms with E-state index in [0.29, 0.717) is 12.5 Å². The van der Waals surface area contributed by atoms with Crippen molar-refractivity contribution in [2.24, 2.45) is 5.92 Å². The van der Waals surface area contributed by atoms with Crippen LogP contribution in [0.1, 0.15) is 37.3 Å². The molecule has 19 heavy (non-hydrogen) atoms. The van der Waals surface area contributed by atoms with E-state index in [-0.39, 0.29) is 17.8 Å². The molecule has 0 aliphatic heterocycles. The first-order valence-corrected chi connectivity index (χ1v) is 6.90. The zero-order chi connectivity index (χ0) is 13.7. The second-order valence-electron chi connectivity index (χ2n) is 5.18. The molecule has 1 aromatic carbocycles. The van der Waals surface area contributed by atoms with Crippen LogP contribution in [-0.2, 0) is 4.79 Å². The number of benzene rings is 1. The van der Waals surface area contributed by atoms with Crippen molar-refractivity contribution in [2.75, 3.05) is 13.6 Å². The Bertz CT molecular complexity index is 430. The van der Waals surface area contributed by atoms with Crippen molar-refractivity contribution in [3.63, 3.8) is 0 Å². The number of carbonyl (C=O) groups excluding carboxylic acids is 1. The topological polar surface area (TPSA) is 41.1 Å². The largest absolute Gasteiger partial charge is 0.348 e. The lowest BCUT2D eigenvalue weighted by Gasteiger charge is -2.25. The average molecular weight is 264 g/mol. The van der Waals surface area contributed by atoms with Crippen molar-refractivity contribution in [3.05, 3.63) is 35.6 Å². The van der Waals surface area contributed by atoms with Crippen molar-refractivity contribution in [2.45, 2.75) is 31.7 Å². The zero-order valence-corrected chi connectivity index (χ0v) is 11.3. The number of carbonyl (C=O) groups is 1. The van der Waals surface area contributed by atoms with E-state index in [4.69, 9.17) is 0 Å². The van der Waals surface area contributed by atoms with Crippen LogP contribution in [0.25, 0.3) is 0 Å². The molecule has 1 atom stereocenters. The average Bonchev–Trinajstić information content (AvgIpc) is 2.90. The molecular weight excluding hydrogens is 243 g/mol. The molecule has 104 valence electrons. The third-order valence-electron chi connectivity index (χ3n) is 3.73. The highest BCUT2D eigenvalue weighted by atomic mass is 19.1. The van der Waals surface area contributed by atoms with E-state index >= 15 is 0 Å². The summed E-state index contributed by atoms with van der Waals surface area (Å²) in [5.74, 6) is 0.134. The third-order valence-corrected chi connectivity index (χ3v) is 3.73. The van der Waals surface area contributed by atoms with Crippen molar-refractivity contribution in [1.82, 2.24) is 10.6 Å². The van der Waals surface area contributed by atoms with Gasteiger partial charge in [0.15, 0.2) is 0 Å². The maximum absolute atomic E-state index is 13.4. The van der Waals surface area contributed by atoms with E-state index in [1.807, 2.05) is 6.07 Å². The molecule has 0 heterocycles. The Morgan fingerprint density at radius 2 is 2.16 bits per heavy atom. The first-order valence-electron chi connectivity index (χ1n) is 6.90. The van der Waals surface area contributed by atoms with E-state index in [2.05, 4.69) is 10.6 Å². The smallest absolute Gasteiger partial charge is 0.234 e. The molecule has 4 heteroatoms. The van der Waals surface area contributed by atoms with Crippen LogP contribution < -0.4 is 10.6 Å². The van der Waals surface area contributed by atoms with Gasteiger partial charge in [-0.1, -0.05) is 25.0 Å². The molecule has 2 N–H and O–H groups in total. The van der Waals surface area contributed by atoms with Crippen LogP contribution in [0.2, 0.25) is 0 Å². The first-order chi connectivity index (χ1) is 9.20. The summed E-state index contributed by atoms with van der Waals surface area (Å²) in [5, 5.41) is 5.88. The Hall–Kier alpha value is -1.42. The summed E-state index contributed by atoms with van der Waals surface area (Å²) in [4.78, 5) is 11.8. The van der Waals surface area contributed by atoms with Crippen LogP contribution in [0.15, 0.2) is 24.3 Å². The predicted molar refractivity (Wildman–Crippen MR) is 73.2 cm³/mol. The SMILES string of the molecule is CNCC(=O)NC(c1cccc(F)c1)C1CCCC1. The van der Waals surface area contributed by atoms with Crippen LogP contribution in [0.4, 0.5) is 4.39 Å². The third kappa shape index (κ3) is 3.77. The van der Waals surface area contributed by atoms with Gasteiger partial charge in [0.1, 0.15) is 5.82 Å². The summed E-state index contributed by atoms with van der Waals surface area (Å²) >= 11 is 0. The second-order valence-corrected chi connectivity index (χ2v) is 5.18. The summed E-state index contributed by atoms with van der Waals surface area (Å²) in [6.45, 7) is 0.290. The number of nitrogens with one attached hydrogen (secondary N) is 2. The molecule has 0 aromatic heterocycles. The normalized spacial score (nSPS) is 17.4. The fraction of sp³-hybridized carbons (Fsp3) is 0.533. The van der Waals surface area contributed by atoms with Crippen molar-refractivity contribution in [3.8, 4) is 0 Å². The summed E-state index contributed by atoms with van der Waals surface area (Å²) in [6, 6.07) is 6.49. The lowest BCUT2D eigenvalue weighted by atomic mass is 9.91. The second kappa shape index (κ2) is 6.66. The van der Waals surface area contributed by atoms with Gasteiger partial charge in [0.05, 0.1) is 12.6 Å². The Morgan fingerprint density at radius 3 is 2.79 bits per heavy atom. The Kier molecular flexibility index (Phi) is 4.91. The Balaban J connectivity index is 2.15. The molecule has 0 spiro atoms. The van der Waals surface area contributed by atoms with Crippen molar-refractivity contribution >= 4 is 5.91 Å². The zero-order valence-electron chi connectivity index (χ0n) is 11.3. The highest BCUT2D eigenvalue weighted by Crippen LogP contribution is 2.35. The van der Waals surface area contributed by atoms with Gasteiger partial charge in [-0.3, -0.25) is 4.79 Å². The quantitative estimate of drug-likeness (QED) is 0.857. The van der Waals surface area contributed by atoms with E-state index < -0.39 is 0 Å². The molecule has 3 nitrogen and oxygen atoms in total. The van der Waals surface area contributed by atoms with E-state index in [0.717, 1.165) is 18.4 Å². The number of hydrogen-bond acceptors (Lipinski definition) is 2. The van der Waals surface area contributed by atoms with Crippen molar-refractivity contribution in [1.29, 1.82) is 0 Å². The molecule has 0 saturated heterocycles.